The molecule has 6 aromatic rings. The lowest BCUT2D eigenvalue weighted by atomic mass is 9.95. The average molecular weight is 622 g/mol. The fourth-order valence-corrected chi connectivity index (χ4v) is 5.86. The van der Waals surface area contributed by atoms with Crippen LogP contribution in [0.25, 0.3) is 38.9 Å². The highest BCUT2D eigenvalue weighted by Crippen LogP contribution is 2.37. The van der Waals surface area contributed by atoms with E-state index in [4.69, 9.17) is 24.7 Å². The van der Waals surface area contributed by atoms with Crippen LogP contribution in [-0.2, 0) is 27.9 Å². The largest absolute Gasteiger partial charge is 0.464 e. The highest BCUT2D eigenvalue weighted by molar-refractivity contribution is 5.94. The van der Waals surface area contributed by atoms with Crippen molar-refractivity contribution in [1.29, 1.82) is 0 Å². The molecule has 0 aliphatic heterocycles. The topological polar surface area (TPSA) is 102 Å². The summed E-state index contributed by atoms with van der Waals surface area (Å²) in [6.07, 6.45) is 3.63. The molecule has 0 saturated carbocycles. The van der Waals surface area contributed by atoms with Crippen LogP contribution in [0.5, 0.6) is 0 Å². The van der Waals surface area contributed by atoms with Gasteiger partial charge in [0.25, 0.3) is 0 Å². The molecule has 46 heavy (non-hydrogen) atoms. The van der Waals surface area contributed by atoms with Crippen molar-refractivity contribution in [2.45, 2.75) is 67.0 Å². The van der Waals surface area contributed by atoms with E-state index in [1.807, 2.05) is 92.0 Å². The second kappa shape index (κ2) is 14.1. The predicted octanol–water partition coefficient (Wildman–Crippen LogP) is 7.26. The smallest absolute Gasteiger partial charge is 0.332 e. The Bertz CT molecular complexity index is 1950. The average Bonchev–Trinajstić information content (AvgIpc) is 3.73. The third kappa shape index (κ3) is 6.57. The van der Waals surface area contributed by atoms with Gasteiger partial charge < -0.3 is 9.47 Å². The molecule has 240 valence electrons. The molecule has 4 heterocycles. The summed E-state index contributed by atoms with van der Waals surface area (Å²) >= 11 is 0. The first kappa shape index (κ1) is 32.6. The first-order valence-corrected chi connectivity index (χ1v) is 15.9. The van der Waals surface area contributed by atoms with E-state index in [1.54, 1.807) is 11.6 Å². The lowest BCUT2D eigenvalue weighted by Crippen LogP contribution is -2.19. The standard InChI is InChI=1S/C34H37N7O3.C2H6/c1-7-43-31(42)20-44-30(24-12-9-8-10-13-24)19-40-18-27-26(14-11-15-28(27)36-40)33-32(21(2)3)23(5)41(37-33)29-16-25-17-39(6)38-34(25)35-22(29)4;1-2/h8-18,21,30H,7,19-20H2,1-6H3;1-2H3/t30-;/m0./s1. The van der Waals surface area contributed by atoms with Gasteiger partial charge in [0, 0.05) is 47.0 Å². The van der Waals surface area contributed by atoms with Crippen LogP contribution < -0.4 is 0 Å². The molecule has 0 N–H and O–H groups in total. The summed E-state index contributed by atoms with van der Waals surface area (Å²) in [4.78, 5) is 16.9. The van der Waals surface area contributed by atoms with Crippen molar-refractivity contribution in [3.8, 4) is 16.9 Å². The Morgan fingerprint density at radius 1 is 0.957 bits per heavy atom. The van der Waals surface area contributed by atoms with E-state index in [2.05, 4.69) is 38.0 Å². The van der Waals surface area contributed by atoms with Crippen molar-refractivity contribution in [2.75, 3.05) is 13.2 Å². The summed E-state index contributed by atoms with van der Waals surface area (Å²) in [5.74, 6) is -0.153. The Kier molecular flexibility index (Phi) is 9.96. The normalized spacial score (nSPS) is 12.0. The van der Waals surface area contributed by atoms with Gasteiger partial charge in [0.15, 0.2) is 5.65 Å². The van der Waals surface area contributed by atoms with Crippen LogP contribution in [0.1, 0.15) is 69.2 Å². The van der Waals surface area contributed by atoms with Crippen molar-refractivity contribution < 1.29 is 14.3 Å². The third-order valence-electron chi connectivity index (χ3n) is 7.83. The number of ether oxygens (including phenoxy) is 2. The summed E-state index contributed by atoms with van der Waals surface area (Å²) < 4.78 is 16.8. The Morgan fingerprint density at radius 3 is 2.43 bits per heavy atom. The highest BCUT2D eigenvalue weighted by atomic mass is 16.6. The van der Waals surface area contributed by atoms with Crippen molar-refractivity contribution in [2.24, 2.45) is 7.05 Å². The van der Waals surface area contributed by atoms with Crippen LogP contribution in [0.2, 0.25) is 0 Å². The van der Waals surface area contributed by atoms with E-state index in [9.17, 15) is 4.79 Å². The Hall–Kier alpha value is -4.83. The zero-order valence-electron chi connectivity index (χ0n) is 28.0. The van der Waals surface area contributed by atoms with Gasteiger partial charge in [-0.3, -0.25) is 9.36 Å². The number of aryl methyl sites for hydroxylation is 2. The quantitative estimate of drug-likeness (QED) is 0.148. The molecule has 0 fully saturated rings. The predicted molar refractivity (Wildman–Crippen MR) is 181 cm³/mol. The van der Waals surface area contributed by atoms with Crippen LogP contribution in [0.15, 0.2) is 67.0 Å². The van der Waals surface area contributed by atoms with Crippen molar-refractivity contribution in [3.63, 3.8) is 0 Å². The van der Waals surface area contributed by atoms with E-state index in [0.29, 0.717) is 13.2 Å². The Labute approximate surface area is 270 Å². The van der Waals surface area contributed by atoms with Crippen molar-refractivity contribution in [1.82, 2.24) is 34.3 Å². The lowest BCUT2D eigenvalue weighted by molar-refractivity contribution is -0.151. The Balaban J connectivity index is 0.00000204. The molecule has 0 bridgehead atoms. The summed E-state index contributed by atoms with van der Waals surface area (Å²) in [5.41, 5.74) is 8.52. The minimum atomic E-state index is -0.387. The minimum Gasteiger partial charge on any atom is -0.464 e. The van der Waals surface area contributed by atoms with Crippen LogP contribution in [0.4, 0.5) is 0 Å². The minimum absolute atomic E-state index is 0.132. The van der Waals surface area contributed by atoms with Gasteiger partial charge in [0.1, 0.15) is 12.7 Å². The van der Waals surface area contributed by atoms with Crippen molar-refractivity contribution >= 4 is 27.9 Å². The monoisotopic (exact) mass is 621 g/mol. The molecule has 2 aromatic carbocycles. The fourth-order valence-electron chi connectivity index (χ4n) is 5.86. The van der Waals surface area contributed by atoms with E-state index in [0.717, 1.165) is 55.8 Å². The number of hydrogen-bond acceptors (Lipinski definition) is 7. The number of pyridine rings is 1. The summed E-state index contributed by atoms with van der Waals surface area (Å²) in [5, 5.41) is 16.6. The summed E-state index contributed by atoms with van der Waals surface area (Å²) in [6.45, 7) is 14.9. The number of carbonyl (C=O) groups excluding carboxylic acids is 1. The van der Waals surface area contributed by atoms with Gasteiger partial charge in [-0.1, -0.05) is 70.2 Å². The number of esters is 1. The van der Waals surface area contributed by atoms with Gasteiger partial charge in [-0.2, -0.15) is 15.3 Å². The number of benzene rings is 2. The molecular weight excluding hydrogens is 578 g/mol. The first-order chi connectivity index (χ1) is 22.2. The number of aromatic nitrogens is 7. The zero-order valence-corrected chi connectivity index (χ0v) is 28.0. The maximum atomic E-state index is 12.1. The van der Waals surface area contributed by atoms with Crippen LogP contribution in [-0.4, -0.2) is 53.5 Å². The Morgan fingerprint density at radius 2 is 1.72 bits per heavy atom. The van der Waals surface area contributed by atoms with Crippen LogP contribution >= 0.6 is 0 Å². The highest BCUT2D eigenvalue weighted by Gasteiger charge is 2.24. The van der Waals surface area contributed by atoms with Gasteiger partial charge in [-0.15, -0.1) is 0 Å². The van der Waals surface area contributed by atoms with Crippen LogP contribution in [0.3, 0.4) is 0 Å². The lowest BCUT2D eigenvalue weighted by Gasteiger charge is -2.18. The molecule has 6 rings (SSSR count). The van der Waals surface area contributed by atoms with E-state index < -0.39 is 0 Å². The summed E-state index contributed by atoms with van der Waals surface area (Å²) in [7, 11) is 1.90. The molecule has 1 atom stereocenters. The van der Waals surface area contributed by atoms with E-state index in [1.165, 1.54) is 5.56 Å². The second-order valence-corrected chi connectivity index (χ2v) is 11.3. The van der Waals surface area contributed by atoms with Gasteiger partial charge in [-0.25, -0.2) is 14.5 Å². The van der Waals surface area contributed by atoms with Crippen LogP contribution in [0, 0.1) is 13.8 Å². The number of nitrogens with zero attached hydrogens (tertiary/aromatic N) is 7. The molecule has 10 heteroatoms. The molecule has 0 spiro atoms. The maximum Gasteiger partial charge on any atom is 0.332 e. The van der Waals surface area contributed by atoms with E-state index in [-0.39, 0.29) is 24.6 Å². The first-order valence-electron chi connectivity index (χ1n) is 15.9. The number of hydrogen-bond donors (Lipinski definition) is 0. The molecule has 4 aromatic heterocycles. The van der Waals surface area contributed by atoms with Gasteiger partial charge >= 0.3 is 5.97 Å². The molecule has 0 aliphatic carbocycles. The van der Waals surface area contributed by atoms with Crippen molar-refractivity contribution in [3.05, 3.63) is 89.5 Å². The molecule has 0 aliphatic rings. The van der Waals surface area contributed by atoms with Gasteiger partial charge in [0.2, 0.25) is 0 Å². The molecule has 0 amide bonds. The third-order valence-corrected chi connectivity index (χ3v) is 7.83. The molecule has 10 nitrogen and oxygen atoms in total. The second-order valence-electron chi connectivity index (χ2n) is 11.3. The zero-order chi connectivity index (χ0) is 33.0. The maximum absolute atomic E-state index is 12.1. The molecular formula is C36H43N7O3. The SMILES string of the molecule is CC.CCOC(=O)CO[C@@H](Cn1cc2c(-c3nn(-c4cc5cn(C)nc5nc4C)c(C)c3C(C)C)cccc2n1)c1ccccc1. The van der Waals surface area contributed by atoms with Gasteiger partial charge in [0.05, 0.1) is 35.7 Å². The molecule has 0 radical (unpaired) electrons. The fraction of sp³-hybridized carbons (Fsp3) is 0.361. The number of carbonyl (C=O) groups is 1. The number of fused-ring (bicyclic) bond motifs is 2. The van der Waals surface area contributed by atoms with E-state index >= 15 is 0 Å². The summed E-state index contributed by atoms with van der Waals surface area (Å²) in [6, 6.07) is 18.1. The molecule has 0 saturated heterocycles. The molecule has 0 unspecified atom stereocenters. The van der Waals surface area contributed by atoms with Gasteiger partial charge in [-0.05, 0) is 44.4 Å². The number of rotatable bonds is 10.